The van der Waals surface area contributed by atoms with Crippen LogP contribution < -0.4 is 5.32 Å². The second-order valence-corrected chi connectivity index (χ2v) is 7.37. The van der Waals surface area contributed by atoms with Crippen LogP contribution in [0.4, 0.5) is 10.1 Å². The van der Waals surface area contributed by atoms with Gasteiger partial charge in [0.1, 0.15) is 0 Å². The summed E-state index contributed by atoms with van der Waals surface area (Å²) in [6.45, 7) is 0. The van der Waals surface area contributed by atoms with Crippen molar-refractivity contribution in [3.05, 3.63) is 64.4 Å². The van der Waals surface area contributed by atoms with E-state index in [1.54, 1.807) is 12.1 Å². The summed E-state index contributed by atoms with van der Waals surface area (Å²) in [5.41, 5.74) is 0.849. The molecule has 1 N–H and O–H groups in total. The lowest BCUT2D eigenvalue weighted by Gasteiger charge is -2.08. The van der Waals surface area contributed by atoms with Crippen LogP contribution in [-0.4, -0.2) is 20.6 Å². The average molecular weight is 342 g/mol. The minimum absolute atomic E-state index is 0.0160. The largest absolute Gasteiger partial charge is 0.319 e. The molecule has 116 valence electrons. The zero-order valence-electron chi connectivity index (χ0n) is 11.6. The molecule has 0 unspecified atom stereocenters. The van der Waals surface area contributed by atoms with E-state index in [4.69, 9.17) is 11.6 Å². The van der Waals surface area contributed by atoms with Crippen molar-refractivity contribution in [2.45, 2.75) is 5.75 Å². The molecule has 0 bridgehead atoms. The Hall–Kier alpha value is -1.92. The number of amides is 1. The average Bonchev–Trinajstić information content (AvgIpc) is 2.43. The number of anilines is 1. The molecule has 0 saturated heterocycles. The predicted octanol–water partition coefficient (Wildman–Crippen LogP) is 3.28. The maximum atomic E-state index is 13.7. The minimum Gasteiger partial charge on any atom is -0.319 e. The smallest absolute Gasteiger partial charge is 0.255 e. The molecule has 4 nitrogen and oxygen atoms in total. The van der Waals surface area contributed by atoms with Crippen molar-refractivity contribution in [3.8, 4) is 0 Å². The highest BCUT2D eigenvalue weighted by Gasteiger charge is 2.12. The number of nitrogens with one attached hydrogen (secondary N) is 1. The third kappa shape index (κ3) is 4.29. The van der Waals surface area contributed by atoms with Crippen LogP contribution in [0.3, 0.4) is 0 Å². The van der Waals surface area contributed by atoms with Crippen LogP contribution in [0.5, 0.6) is 0 Å². The van der Waals surface area contributed by atoms with E-state index in [1.165, 1.54) is 30.3 Å². The first-order valence-corrected chi connectivity index (χ1v) is 8.72. The molecule has 0 aromatic heterocycles. The molecule has 0 aliphatic rings. The molecule has 2 aromatic rings. The van der Waals surface area contributed by atoms with Gasteiger partial charge in [0.15, 0.2) is 15.7 Å². The van der Waals surface area contributed by atoms with Crippen LogP contribution in [0.15, 0.2) is 42.5 Å². The van der Waals surface area contributed by atoms with Crippen LogP contribution in [0, 0.1) is 5.82 Å². The molecule has 0 saturated carbocycles. The third-order valence-electron chi connectivity index (χ3n) is 2.84. The zero-order valence-corrected chi connectivity index (χ0v) is 13.2. The maximum Gasteiger partial charge on any atom is 0.255 e. The number of hydrogen-bond acceptors (Lipinski definition) is 3. The Morgan fingerprint density at radius 1 is 1.18 bits per heavy atom. The topological polar surface area (TPSA) is 63.2 Å². The summed E-state index contributed by atoms with van der Waals surface area (Å²) in [5, 5.41) is 2.34. The molecular weight excluding hydrogens is 329 g/mol. The Labute approximate surface area is 132 Å². The van der Waals surface area contributed by atoms with Crippen LogP contribution in [-0.2, 0) is 15.6 Å². The van der Waals surface area contributed by atoms with Crippen molar-refractivity contribution in [2.75, 3.05) is 11.6 Å². The van der Waals surface area contributed by atoms with Gasteiger partial charge in [0.25, 0.3) is 5.91 Å². The molecule has 0 radical (unpaired) electrons. The Kier molecular flexibility index (Phi) is 4.83. The van der Waals surface area contributed by atoms with Gasteiger partial charge in [-0.25, -0.2) is 12.8 Å². The molecule has 2 aromatic carbocycles. The number of sulfone groups is 1. The van der Waals surface area contributed by atoms with Crippen molar-refractivity contribution in [1.82, 2.24) is 0 Å². The van der Waals surface area contributed by atoms with Gasteiger partial charge >= 0.3 is 0 Å². The highest BCUT2D eigenvalue weighted by atomic mass is 35.5. The summed E-state index contributed by atoms with van der Waals surface area (Å²) < 4.78 is 36.1. The molecule has 0 aliphatic carbocycles. The fraction of sp³-hybridized carbons (Fsp3) is 0.133. The molecule has 1 amide bonds. The number of rotatable bonds is 4. The minimum atomic E-state index is -3.13. The molecule has 0 aliphatic heterocycles. The van der Waals surface area contributed by atoms with Gasteiger partial charge in [0.05, 0.1) is 16.5 Å². The highest BCUT2D eigenvalue weighted by Crippen LogP contribution is 2.22. The Morgan fingerprint density at radius 2 is 1.82 bits per heavy atom. The maximum absolute atomic E-state index is 13.7. The summed E-state index contributed by atoms with van der Waals surface area (Å²) >= 11 is 5.64. The molecule has 22 heavy (non-hydrogen) atoms. The fourth-order valence-electron chi connectivity index (χ4n) is 1.85. The SMILES string of the molecule is CS(=O)(=O)Cc1ccc(C(=O)Nc2cccc(Cl)c2F)cc1. The lowest BCUT2D eigenvalue weighted by Crippen LogP contribution is -2.13. The van der Waals surface area contributed by atoms with Crippen molar-refractivity contribution in [1.29, 1.82) is 0 Å². The first-order chi connectivity index (χ1) is 10.3. The van der Waals surface area contributed by atoms with Crippen LogP contribution >= 0.6 is 11.6 Å². The van der Waals surface area contributed by atoms with Gasteiger partial charge in [-0.15, -0.1) is 0 Å². The number of carbonyl (C=O) groups is 1. The lowest BCUT2D eigenvalue weighted by atomic mass is 10.1. The number of benzene rings is 2. The van der Waals surface area contributed by atoms with Gasteiger partial charge < -0.3 is 5.32 Å². The van der Waals surface area contributed by atoms with Gasteiger partial charge in [-0.2, -0.15) is 0 Å². The van der Waals surface area contributed by atoms with E-state index in [2.05, 4.69) is 5.32 Å². The number of carbonyl (C=O) groups excluding carboxylic acids is 1. The molecular formula is C15H13ClFNO3S. The molecule has 0 heterocycles. The van der Waals surface area contributed by atoms with Crippen molar-refractivity contribution >= 4 is 33.0 Å². The number of hydrogen-bond donors (Lipinski definition) is 1. The van der Waals surface area contributed by atoms with E-state index in [0.717, 1.165) is 6.26 Å². The van der Waals surface area contributed by atoms with E-state index >= 15 is 0 Å². The normalized spacial score (nSPS) is 11.2. The van der Waals surface area contributed by atoms with Crippen molar-refractivity contribution < 1.29 is 17.6 Å². The van der Waals surface area contributed by atoms with Crippen LogP contribution in [0.25, 0.3) is 0 Å². The molecule has 7 heteroatoms. The summed E-state index contributed by atoms with van der Waals surface area (Å²) in [6.07, 6.45) is 1.13. The lowest BCUT2D eigenvalue weighted by molar-refractivity contribution is 0.102. The zero-order chi connectivity index (χ0) is 16.3. The van der Waals surface area contributed by atoms with Crippen molar-refractivity contribution in [2.24, 2.45) is 0 Å². The Morgan fingerprint density at radius 3 is 2.41 bits per heavy atom. The van der Waals surface area contributed by atoms with Gasteiger partial charge in [-0.1, -0.05) is 29.8 Å². The molecule has 2 rings (SSSR count). The Bertz CT molecular complexity index is 804. The first kappa shape index (κ1) is 16.5. The van der Waals surface area contributed by atoms with Gasteiger partial charge in [0, 0.05) is 11.8 Å². The van der Waals surface area contributed by atoms with Crippen molar-refractivity contribution in [3.63, 3.8) is 0 Å². The first-order valence-electron chi connectivity index (χ1n) is 6.28. The fourth-order valence-corrected chi connectivity index (χ4v) is 2.82. The summed E-state index contributed by atoms with van der Waals surface area (Å²) in [7, 11) is -3.13. The predicted molar refractivity (Wildman–Crippen MR) is 84.4 cm³/mol. The second kappa shape index (κ2) is 6.46. The van der Waals surface area contributed by atoms with Gasteiger partial charge in [-0.05, 0) is 29.8 Å². The van der Waals surface area contributed by atoms with Crippen LogP contribution in [0.2, 0.25) is 5.02 Å². The van der Waals surface area contributed by atoms with E-state index < -0.39 is 21.6 Å². The summed E-state index contributed by atoms with van der Waals surface area (Å²) in [5.74, 6) is -1.31. The highest BCUT2D eigenvalue weighted by molar-refractivity contribution is 7.89. The van der Waals surface area contributed by atoms with Crippen LogP contribution in [0.1, 0.15) is 15.9 Å². The monoisotopic (exact) mass is 341 g/mol. The standard InChI is InChI=1S/C15H13ClFNO3S/c1-22(20,21)9-10-5-7-11(8-6-10)15(19)18-13-4-2-3-12(16)14(13)17/h2-8H,9H2,1H3,(H,18,19). The second-order valence-electron chi connectivity index (χ2n) is 4.82. The Balaban J connectivity index is 2.15. The van der Waals surface area contributed by atoms with E-state index in [9.17, 15) is 17.6 Å². The summed E-state index contributed by atoms with van der Waals surface area (Å²) in [4.78, 5) is 12.0. The van der Waals surface area contributed by atoms with E-state index in [1.807, 2.05) is 0 Å². The van der Waals surface area contributed by atoms with Gasteiger partial charge in [0.2, 0.25) is 0 Å². The van der Waals surface area contributed by atoms with Gasteiger partial charge in [-0.3, -0.25) is 4.79 Å². The summed E-state index contributed by atoms with van der Waals surface area (Å²) in [6, 6.07) is 10.4. The third-order valence-corrected chi connectivity index (χ3v) is 3.99. The number of halogens is 2. The quantitative estimate of drug-likeness (QED) is 0.928. The van der Waals surface area contributed by atoms with E-state index in [-0.39, 0.29) is 22.0 Å². The molecule has 0 spiro atoms. The van der Waals surface area contributed by atoms with E-state index in [0.29, 0.717) is 5.56 Å². The molecule has 0 atom stereocenters. The molecule has 0 fully saturated rings.